The van der Waals surface area contributed by atoms with Gasteiger partial charge in [0.05, 0.1) is 11.6 Å². The first-order valence-corrected chi connectivity index (χ1v) is 7.91. The molecule has 0 aliphatic carbocycles. The van der Waals surface area contributed by atoms with Crippen LogP contribution in [0.15, 0.2) is 59.1 Å². The average molecular weight is 363 g/mol. The summed E-state index contributed by atoms with van der Waals surface area (Å²) in [4.78, 5) is 4.49. The molecule has 4 heteroatoms. The molecule has 1 aromatic heterocycles. The van der Waals surface area contributed by atoms with E-state index < -0.39 is 0 Å². The van der Waals surface area contributed by atoms with Gasteiger partial charge in [0, 0.05) is 15.4 Å². The lowest BCUT2D eigenvalue weighted by Gasteiger charge is -2.11. The van der Waals surface area contributed by atoms with Crippen molar-refractivity contribution in [1.82, 2.24) is 4.98 Å². The Kier molecular flexibility index (Phi) is 4.42. The first kappa shape index (κ1) is 14.4. The third-order valence-electron chi connectivity index (χ3n) is 3.22. The summed E-state index contributed by atoms with van der Waals surface area (Å²) >= 11 is 9.44. The van der Waals surface area contributed by atoms with Gasteiger partial charge in [-0.3, -0.25) is 0 Å². The van der Waals surface area contributed by atoms with Gasteiger partial charge in [-0.25, -0.2) is 4.98 Å². The van der Waals surface area contributed by atoms with Crippen molar-refractivity contribution in [3.05, 3.63) is 70.3 Å². The van der Waals surface area contributed by atoms with E-state index in [1.165, 1.54) is 0 Å². The van der Waals surface area contributed by atoms with E-state index in [-0.39, 0.29) is 0 Å². The lowest BCUT2D eigenvalue weighted by atomic mass is 10.1. The number of hydrogen-bond donors (Lipinski definition) is 0. The van der Waals surface area contributed by atoms with Crippen LogP contribution >= 0.6 is 27.5 Å². The van der Waals surface area contributed by atoms with Gasteiger partial charge in [-0.1, -0.05) is 52.3 Å². The minimum Gasteiger partial charge on any atom is -0.472 e. The SMILES string of the molecule is ClCc1cc2ccccc2c(OCc2ccccc2Br)n1. The number of nitrogens with zero attached hydrogens (tertiary/aromatic N) is 1. The van der Waals surface area contributed by atoms with Crippen LogP contribution in [0.1, 0.15) is 11.3 Å². The molecular weight excluding hydrogens is 350 g/mol. The van der Waals surface area contributed by atoms with Gasteiger partial charge in [0.2, 0.25) is 5.88 Å². The molecule has 2 aromatic carbocycles. The quantitative estimate of drug-likeness (QED) is 0.586. The molecule has 2 nitrogen and oxygen atoms in total. The molecule has 0 aliphatic rings. The third-order valence-corrected chi connectivity index (χ3v) is 4.27. The molecule has 0 atom stereocenters. The maximum absolute atomic E-state index is 5.93. The number of pyridine rings is 1. The first-order chi connectivity index (χ1) is 10.3. The van der Waals surface area contributed by atoms with Crippen molar-refractivity contribution in [2.75, 3.05) is 0 Å². The first-order valence-electron chi connectivity index (χ1n) is 6.59. The fraction of sp³-hybridized carbons (Fsp3) is 0.118. The second-order valence-corrected chi connectivity index (χ2v) is 5.78. The van der Waals surface area contributed by atoms with Crippen molar-refractivity contribution in [3.8, 4) is 5.88 Å². The number of fused-ring (bicyclic) bond motifs is 1. The lowest BCUT2D eigenvalue weighted by Crippen LogP contribution is -2.00. The Hall–Kier alpha value is -1.58. The maximum Gasteiger partial charge on any atom is 0.221 e. The van der Waals surface area contributed by atoms with Gasteiger partial charge in [-0.05, 0) is 23.6 Å². The number of ether oxygens (including phenoxy) is 1. The topological polar surface area (TPSA) is 22.1 Å². The summed E-state index contributed by atoms with van der Waals surface area (Å²) in [6, 6.07) is 18.0. The zero-order valence-corrected chi connectivity index (χ0v) is 13.6. The maximum atomic E-state index is 5.93. The van der Waals surface area contributed by atoms with Gasteiger partial charge < -0.3 is 4.74 Å². The Bertz CT molecular complexity index is 776. The molecule has 0 saturated heterocycles. The van der Waals surface area contributed by atoms with Crippen LogP contribution in [0.4, 0.5) is 0 Å². The summed E-state index contributed by atoms with van der Waals surface area (Å²) in [6.07, 6.45) is 0. The fourth-order valence-electron chi connectivity index (χ4n) is 2.16. The highest BCUT2D eigenvalue weighted by molar-refractivity contribution is 9.10. The zero-order valence-electron chi connectivity index (χ0n) is 11.2. The minimum absolute atomic E-state index is 0.371. The summed E-state index contributed by atoms with van der Waals surface area (Å²) in [6.45, 7) is 0.462. The van der Waals surface area contributed by atoms with Crippen LogP contribution in [0, 0.1) is 0 Å². The number of aromatic nitrogens is 1. The molecule has 0 radical (unpaired) electrons. The van der Waals surface area contributed by atoms with Crippen molar-refractivity contribution in [3.63, 3.8) is 0 Å². The van der Waals surface area contributed by atoms with Crippen LogP contribution in [-0.4, -0.2) is 4.98 Å². The molecule has 0 aliphatic heterocycles. The normalized spacial score (nSPS) is 10.8. The highest BCUT2D eigenvalue weighted by Crippen LogP contribution is 2.26. The van der Waals surface area contributed by atoms with E-state index in [2.05, 4.69) is 20.9 Å². The van der Waals surface area contributed by atoms with Crippen LogP contribution < -0.4 is 4.74 Å². The van der Waals surface area contributed by atoms with Gasteiger partial charge in [-0.15, -0.1) is 11.6 Å². The molecule has 0 fully saturated rings. The minimum atomic E-state index is 0.371. The number of benzene rings is 2. The Labute approximate surface area is 136 Å². The van der Waals surface area contributed by atoms with Crippen molar-refractivity contribution in [1.29, 1.82) is 0 Å². The molecule has 1 heterocycles. The summed E-state index contributed by atoms with van der Waals surface area (Å²) in [7, 11) is 0. The van der Waals surface area contributed by atoms with Crippen LogP contribution in [0.2, 0.25) is 0 Å². The van der Waals surface area contributed by atoms with E-state index in [4.69, 9.17) is 16.3 Å². The number of alkyl halides is 1. The second kappa shape index (κ2) is 6.46. The monoisotopic (exact) mass is 361 g/mol. The van der Waals surface area contributed by atoms with E-state index in [0.29, 0.717) is 18.4 Å². The van der Waals surface area contributed by atoms with Crippen LogP contribution in [0.5, 0.6) is 5.88 Å². The molecule has 106 valence electrons. The third kappa shape index (κ3) is 3.20. The highest BCUT2D eigenvalue weighted by Gasteiger charge is 2.08. The smallest absolute Gasteiger partial charge is 0.221 e. The molecule has 0 bridgehead atoms. The van der Waals surface area contributed by atoms with E-state index in [1.807, 2.05) is 54.6 Å². The standard InChI is InChI=1S/C17H13BrClNO/c18-16-8-4-2-6-13(16)11-21-17-15-7-3-1-5-12(15)9-14(10-19)20-17/h1-9H,10-11H2. The molecular formula is C17H13BrClNO. The van der Waals surface area contributed by atoms with Crippen LogP contribution in [0.25, 0.3) is 10.8 Å². The van der Waals surface area contributed by atoms with Gasteiger partial charge in [-0.2, -0.15) is 0 Å². The Morgan fingerprint density at radius 3 is 2.62 bits per heavy atom. The number of halogens is 2. The molecule has 0 saturated carbocycles. The summed E-state index contributed by atoms with van der Waals surface area (Å²) < 4.78 is 6.96. The van der Waals surface area contributed by atoms with Crippen LogP contribution in [-0.2, 0) is 12.5 Å². The van der Waals surface area contributed by atoms with E-state index in [1.54, 1.807) is 0 Å². The molecule has 3 rings (SSSR count). The predicted octanol–water partition coefficient (Wildman–Crippen LogP) is 5.32. The van der Waals surface area contributed by atoms with Crippen molar-refractivity contribution < 1.29 is 4.74 Å². The molecule has 0 unspecified atom stereocenters. The zero-order chi connectivity index (χ0) is 14.7. The summed E-state index contributed by atoms with van der Waals surface area (Å²) in [5, 5.41) is 2.09. The summed E-state index contributed by atoms with van der Waals surface area (Å²) in [5.74, 6) is 0.996. The van der Waals surface area contributed by atoms with Crippen molar-refractivity contribution >= 4 is 38.3 Å². The Balaban J connectivity index is 1.94. The lowest BCUT2D eigenvalue weighted by molar-refractivity contribution is 0.297. The van der Waals surface area contributed by atoms with Gasteiger partial charge in [0.25, 0.3) is 0 Å². The van der Waals surface area contributed by atoms with Gasteiger partial charge in [0.15, 0.2) is 0 Å². The largest absolute Gasteiger partial charge is 0.472 e. The van der Waals surface area contributed by atoms with Crippen molar-refractivity contribution in [2.24, 2.45) is 0 Å². The second-order valence-electron chi connectivity index (χ2n) is 4.65. The summed E-state index contributed by atoms with van der Waals surface area (Å²) in [5.41, 5.74) is 1.90. The Morgan fingerprint density at radius 2 is 1.81 bits per heavy atom. The van der Waals surface area contributed by atoms with E-state index in [0.717, 1.165) is 26.5 Å². The molecule has 3 aromatic rings. The van der Waals surface area contributed by atoms with Gasteiger partial charge in [0.1, 0.15) is 6.61 Å². The molecule has 0 spiro atoms. The number of rotatable bonds is 4. The van der Waals surface area contributed by atoms with E-state index >= 15 is 0 Å². The Morgan fingerprint density at radius 1 is 1.05 bits per heavy atom. The van der Waals surface area contributed by atoms with Crippen molar-refractivity contribution in [2.45, 2.75) is 12.5 Å². The molecule has 0 N–H and O–H groups in total. The molecule has 0 amide bonds. The average Bonchev–Trinajstić information content (AvgIpc) is 2.53. The highest BCUT2D eigenvalue weighted by atomic mass is 79.9. The number of hydrogen-bond acceptors (Lipinski definition) is 2. The predicted molar refractivity (Wildman–Crippen MR) is 89.8 cm³/mol. The molecule has 21 heavy (non-hydrogen) atoms. The van der Waals surface area contributed by atoms with E-state index in [9.17, 15) is 0 Å². The van der Waals surface area contributed by atoms with Gasteiger partial charge >= 0.3 is 0 Å². The van der Waals surface area contributed by atoms with Crippen LogP contribution in [0.3, 0.4) is 0 Å². The fourth-order valence-corrected chi connectivity index (χ4v) is 2.70.